The van der Waals surface area contributed by atoms with Gasteiger partial charge in [0.25, 0.3) is 0 Å². The van der Waals surface area contributed by atoms with Crippen LogP contribution >= 0.6 is 0 Å². The van der Waals surface area contributed by atoms with Crippen LogP contribution in [0.25, 0.3) is 0 Å². The molecule has 0 aliphatic carbocycles. The van der Waals surface area contributed by atoms with E-state index in [-0.39, 0.29) is 23.0 Å². The molecule has 6 nitrogen and oxygen atoms in total. The molecule has 0 heterocycles. The molecular weight excluding hydrogens is 344 g/mol. The average Bonchev–Trinajstić information content (AvgIpc) is 2.46. The molecule has 0 spiro atoms. The van der Waals surface area contributed by atoms with Crippen molar-refractivity contribution in [1.82, 2.24) is 10.6 Å². The molecule has 27 heavy (non-hydrogen) atoms. The van der Waals surface area contributed by atoms with Crippen molar-refractivity contribution >= 4 is 12.0 Å². The zero-order valence-electron chi connectivity index (χ0n) is 18.8. The number of alkyl carbamates (subject to hydrolysis) is 1. The zero-order chi connectivity index (χ0) is 21.1. The van der Waals surface area contributed by atoms with Crippen LogP contribution in [0.3, 0.4) is 0 Å². The van der Waals surface area contributed by atoms with Gasteiger partial charge in [-0.1, -0.05) is 33.6 Å². The minimum atomic E-state index is -0.555. The Morgan fingerprint density at radius 2 is 1.30 bits per heavy atom. The van der Waals surface area contributed by atoms with Crippen molar-refractivity contribution in [3.8, 4) is 0 Å². The van der Waals surface area contributed by atoms with E-state index in [1.807, 2.05) is 55.4 Å². The summed E-state index contributed by atoms with van der Waals surface area (Å²) in [5.74, 6) is 0.0856. The second kappa shape index (κ2) is 11.5. The Morgan fingerprint density at radius 3 is 1.78 bits per heavy atom. The van der Waals surface area contributed by atoms with Crippen LogP contribution in [0.5, 0.6) is 0 Å². The molecule has 0 rings (SSSR count). The zero-order valence-corrected chi connectivity index (χ0v) is 18.8. The fourth-order valence-electron chi connectivity index (χ4n) is 2.20. The normalized spacial score (nSPS) is 12.6. The lowest BCUT2D eigenvalue weighted by atomic mass is 9.96. The summed E-state index contributed by atoms with van der Waals surface area (Å²) in [7, 11) is 0. The molecule has 0 unspecified atom stereocenters. The van der Waals surface area contributed by atoms with Crippen LogP contribution in [-0.4, -0.2) is 42.9 Å². The molecule has 2 amide bonds. The summed E-state index contributed by atoms with van der Waals surface area (Å²) in [6.07, 6.45) is 4.15. The SMILES string of the molecule is CC(C)(C)OCCC(C)(C)OC(=O)NCCCCCCNC(=O)C(C)(C)C. The van der Waals surface area contributed by atoms with Crippen molar-refractivity contribution in [2.24, 2.45) is 5.41 Å². The number of hydrogen-bond donors (Lipinski definition) is 2. The Bertz CT molecular complexity index is 448. The Hall–Kier alpha value is -1.30. The summed E-state index contributed by atoms with van der Waals surface area (Å²) in [5, 5.41) is 5.75. The fraction of sp³-hybridized carbons (Fsp3) is 0.905. The first-order valence-electron chi connectivity index (χ1n) is 10.1. The van der Waals surface area contributed by atoms with Gasteiger partial charge < -0.3 is 20.1 Å². The van der Waals surface area contributed by atoms with E-state index in [1.165, 1.54) is 0 Å². The van der Waals surface area contributed by atoms with Crippen LogP contribution in [0.15, 0.2) is 0 Å². The van der Waals surface area contributed by atoms with E-state index < -0.39 is 5.60 Å². The van der Waals surface area contributed by atoms with E-state index in [0.717, 1.165) is 25.7 Å². The van der Waals surface area contributed by atoms with E-state index in [4.69, 9.17) is 9.47 Å². The third-order valence-corrected chi connectivity index (χ3v) is 3.95. The van der Waals surface area contributed by atoms with Crippen molar-refractivity contribution in [2.75, 3.05) is 19.7 Å². The van der Waals surface area contributed by atoms with Gasteiger partial charge in [-0.05, 0) is 47.5 Å². The fourth-order valence-corrected chi connectivity index (χ4v) is 2.20. The maximum absolute atomic E-state index is 11.9. The van der Waals surface area contributed by atoms with Crippen LogP contribution in [-0.2, 0) is 14.3 Å². The number of hydrogen-bond acceptors (Lipinski definition) is 4. The van der Waals surface area contributed by atoms with Crippen molar-refractivity contribution < 1.29 is 19.1 Å². The second-order valence-electron chi connectivity index (χ2n) is 9.71. The van der Waals surface area contributed by atoms with Crippen LogP contribution in [0.2, 0.25) is 0 Å². The summed E-state index contributed by atoms with van der Waals surface area (Å²) in [5.41, 5.74) is -1.08. The molecule has 160 valence electrons. The smallest absolute Gasteiger partial charge is 0.407 e. The molecule has 0 aromatic rings. The third kappa shape index (κ3) is 15.5. The van der Waals surface area contributed by atoms with Crippen LogP contribution in [0.4, 0.5) is 4.79 Å². The van der Waals surface area contributed by atoms with Gasteiger partial charge >= 0.3 is 6.09 Å². The van der Waals surface area contributed by atoms with Crippen molar-refractivity contribution in [3.63, 3.8) is 0 Å². The first-order valence-corrected chi connectivity index (χ1v) is 10.1. The van der Waals surface area contributed by atoms with Crippen LogP contribution < -0.4 is 10.6 Å². The predicted molar refractivity (Wildman–Crippen MR) is 110 cm³/mol. The van der Waals surface area contributed by atoms with Gasteiger partial charge in [-0.2, -0.15) is 0 Å². The van der Waals surface area contributed by atoms with Gasteiger partial charge in [-0.25, -0.2) is 4.79 Å². The Balaban J connectivity index is 3.72. The van der Waals surface area contributed by atoms with Gasteiger partial charge in [0.15, 0.2) is 0 Å². The molecule has 0 aliphatic rings. The number of carbonyl (C=O) groups excluding carboxylic acids is 2. The highest BCUT2D eigenvalue weighted by atomic mass is 16.6. The van der Waals surface area contributed by atoms with Gasteiger partial charge in [0, 0.05) is 24.9 Å². The number of unbranched alkanes of at least 4 members (excludes halogenated alkanes) is 3. The standard InChI is InChI=1S/C21H42N2O4/c1-19(2,3)17(24)22-14-11-9-10-12-15-23-18(25)27-21(7,8)13-16-26-20(4,5)6/h9-16H2,1-8H3,(H,22,24)(H,23,25). The summed E-state index contributed by atoms with van der Waals surface area (Å²) in [6, 6.07) is 0. The van der Waals surface area contributed by atoms with E-state index in [2.05, 4.69) is 10.6 Å². The molecular formula is C21H42N2O4. The largest absolute Gasteiger partial charge is 0.443 e. The molecule has 0 aromatic heterocycles. The Morgan fingerprint density at radius 1 is 0.778 bits per heavy atom. The van der Waals surface area contributed by atoms with E-state index in [1.54, 1.807) is 0 Å². The number of carbonyl (C=O) groups is 2. The number of amides is 2. The maximum atomic E-state index is 11.9. The van der Waals surface area contributed by atoms with E-state index in [9.17, 15) is 9.59 Å². The average molecular weight is 387 g/mol. The highest BCUT2D eigenvalue weighted by Crippen LogP contribution is 2.17. The van der Waals surface area contributed by atoms with E-state index >= 15 is 0 Å². The van der Waals surface area contributed by atoms with Gasteiger partial charge in [-0.3, -0.25) is 4.79 Å². The van der Waals surface area contributed by atoms with Crippen LogP contribution in [0, 0.1) is 5.41 Å². The van der Waals surface area contributed by atoms with Gasteiger partial charge in [0.05, 0.1) is 12.2 Å². The van der Waals surface area contributed by atoms with Crippen molar-refractivity contribution in [3.05, 3.63) is 0 Å². The number of ether oxygens (including phenoxy) is 2. The quantitative estimate of drug-likeness (QED) is 0.515. The van der Waals surface area contributed by atoms with E-state index in [0.29, 0.717) is 26.1 Å². The number of nitrogens with one attached hydrogen (secondary N) is 2. The molecule has 0 saturated heterocycles. The Kier molecular flexibility index (Phi) is 11.0. The number of rotatable bonds is 11. The molecule has 0 aromatic carbocycles. The van der Waals surface area contributed by atoms with Crippen molar-refractivity contribution in [2.45, 2.75) is 98.7 Å². The third-order valence-electron chi connectivity index (χ3n) is 3.95. The second-order valence-corrected chi connectivity index (χ2v) is 9.71. The van der Waals surface area contributed by atoms with Crippen LogP contribution in [0.1, 0.15) is 87.5 Å². The first kappa shape index (κ1) is 25.7. The lowest BCUT2D eigenvalue weighted by Crippen LogP contribution is -2.36. The van der Waals surface area contributed by atoms with Gasteiger partial charge in [0.2, 0.25) is 5.91 Å². The summed E-state index contributed by atoms with van der Waals surface area (Å²) in [6.45, 7) is 17.4. The van der Waals surface area contributed by atoms with Gasteiger partial charge in [-0.15, -0.1) is 0 Å². The highest BCUT2D eigenvalue weighted by Gasteiger charge is 2.24. The summed E-state index contributed by atoms with van der Waals surface area (Å²) < 4.78 is 11.2. The maximum Gasteiger partial charge on any atom is 0.407 e. The molecule has 0 saturated carbocycles. The molecule has 6 heteroatoms. The monoisotopic (exact) mass is 386 g/mol. The van der Waals surface area contributed by atoms with Gasteiger partial charge in [0.1, 0.15) is 5.60 Å². The minimum absolute atomic E-state index is 0.0856. The Labute approximate surface area is 166 Å². The topological polar surface area (TPSA) is 76.7 Å². The molecule has 0 radical (unpaired) electrons. The molecule has 0 bridgehead atoms. The molecule has 0 fully saturated rings. The highest BCUT2D eigenvalue weighted by molar-refractivity contribution is 5.81. The lowest BCUT2D eigenvalue weighted by molar-refractivity contribution is -0.128. The minimum Gasteiger partial charge on any atom is -0.443 e. The summed E-state index contributed by atoms with van der Waals surface area (Å²) in [4.78, 5) is 23.6. The lowest BCUT2D eigenvalue weighted by Gasteiger charge is -2.27. The molecule has 0 atom stereocenters. The summed E-state index contributed by atoms with van der Waals surface area (Å²) >= 11 is 0. The predicted octanol–water partition coefficient (Wildman–Crippen LogP) is 4.42. The molecule has 0 aliphatic heterocycles. The first-order chi connectivity index (χ1) is 12.2. The molecule has 2 N–H and O–H groups in total. The van der Waals surface area contributed by atoms with Crippen molar-refractivity contribution in [1.29, 1.82) is 0 Å².